The standard InChI is InChI=1S/C9H16O/c1-10-9-6-4-2-3-5-8(9)7-9/h8H,2-7H2,1H3. The molecule has 2 fully saturated rings. The monoisotopic (exact) mass is 140 g/mol. The van der Waals surface area contributed by atoms with Gasteiger partial charge in [0, 0.05) is 7.11 Å². The highest BCUT2D eigenvalue weighted by molar-refractivity contribution is 5.05. The van der Waals surface area contributed by atoms with Crippen molar-refractivity contribution in [3.05, 3.63) is 0 Å². The maximum Gasteiger partial charge on any atom is 0.0711 e. The van der Waals surface area contributed by atoms with Gasteiger partial charge in [-0.3, -0.25) is 0 Å². The first kappa shape index (κ1) is 6.66. The van der Waals surface area contributed by atoms with Crippen LogP contribution in [0.2, 0.25) is 0 Å². The van der Waals surface area contributed by atoms with Crippen molar-refractivity contribution in [1.82, 2.24) is 0 Å². The van der Waals surface area contributed by atoms with Gasteiger partial charge in [-0.05, 0) is 25.2 Å². The van der Waals surface area contributed by atoms with E-state index in [0.717, 1.165) is 5.92 Å². The second-order valence-corrected chi connectivity index (χ2v) is 3.77. The molecule has 10 heavy (non-hydrogen) atoms. The Bertz CT molecular complexity index is 131. The first-order chi connectivity index (χ1) is 4.87. The van der Waals surface area contributed by atoms with Crippen molar-refractivity contribution >= 4 is 0 Å². The molecule has 1 nitrogen and oxygen atoms in total. The zero-order chi connectivity index (χ0) is 7.03. The molecule has 2 saturated carbocycles. The van der Waals surface area contributed by atoms with Gasteiger partial charge in [0.1, 0.15) is 0 Å². The topological polar surface area (TPSA) is 9.23 Å². The molecule has 0 bridgehead atoms. The van der Waals surface area contributed by atoms with Gasteiger partial charge in [-0.25, -0.2) is 0 Å². The van der Waals surface area contributed by atoms with Crippen molar-refractivity contribution in [1.29, 1.82) is 0 Å². The number of hydrogen-bond donors (Lipinski definition) is 0. The third kappa shape index (κ3) is 0.878. The lowest BCUT2D eigenvalue weighted by Crippen LogP contribution is -2.13. The summed E-state index contributed by atoms with van der Waals surface area (Å²) in [5, 5.41) is 0. The van der Waals surface area contributed by atoms with Gasteiger partial charge in [0.05, 0.1) is 5.60 Å². The summed E-state index contributed by atoms with van der Waals surface area (Å²) in [5.74, 6) is 0.931. The Morgan fingerprint density at radius 3 is 3.00 bits per heavy atom. The summed E-state index contributed by atoms with van der Waals surface area (Å²) in [4.78, 5) is 0. The molecule has 0 heterocycles. The fourth-order valence-corrected chi connectivity index (χ4v) is 2.37. The first-order valence-electron chi connectivity index (χ1n) is 4.42. The molecular formula is C9H16O. The molecule has 0 spiro atoms. The van der Waals surface area contributed by atoms with E-state index >= 15 is 0 Å². The number of hydrogen-bond acceptors (Lipinski definition) is 1. The smallest absolute Gasteiger partial charge is 0.0711 e. The summed E-state index contributed by atoms with van der Waals surface area (Å²) in [6.07, 6.45) is 8.37. The summed E-state index contributed by atoms with van der Waals surface area (Å²) < 4.78 is 5.53. The van der Waals surface area contributed by atoms with Gasteiger partial charge in [0.2, 0.25) is 0 Å². The summed E-state index contributed by atoms with van der Waals surface area (Å²) in [7, 11) is 1.88. The van der Waals surface area contributed by atoms with Crippen LogP contribution in [0.1, 0.15) is 38.5 Å². The zero-order valence-electron chi connectivity index (χ0n) is 6.73. The van der Waals surface area contributed by atoms with Gasteiger partial charge in [-0.15, -0.1) is 0 Å². The summed E-state index contributed by atoms with van der Waals surface area (Å²) in [6, 6.07) is 0. The lowest BCUT2D eigenvalue weighted by atomic mass is 10.1. The van der Waals surface area contributed by atoms with Crippen LogP contribution in [0.15, 0.2) is 0 Å². The van der Waals surface area contributed by atoms with Gasteiger partial charge in [0.25, 0.3) is 0 Å². The van der Waals surface area contributed by atoms with Crippen LogP contribution in [0.3, 0.4) is 0 Å². The Labute approximate surface area is 62.8 Å². The first-order valence-corrected chi connectivity index (χ1v) is 4.42. The molecule has 0 amide bonds. The second kappa shape index (κ2) is 2.23. The van der Waals surface area contributed by atoms with E-state index in [1.54, 1.807) is 0 Å². The molecule has 0 saturated heterocycles. The number of ether oxygens (including phenoxy) is 1. The molecule has 2 atom stereocenters. The predicted octanol–water partition coefficient (Wildman–Crippen LogP) is 2.36. The van der Waals surface area contributed by atoms with Gasteiger partial charge in [0.15, 0.2) is 0 Å². The molecule has 0 aliphatic heterocycles. The normalized spacial score (nSPS) is 45.9. The highest BCUT2D eigenvalue weighted by Gasteiger charge is 2.54. The minimum absolute atomic E-state index is 0.372. The molecule has 0 aromatic heterocycles. The molecule has 1 heteroatoms. The summed E-state index contributed by atoms with van der Waals surface area (Å²) in [5.41, 5.74) is 0.372. The van der Waals surface area contributed by atoms with Crippen LogP contribution in [0.5, 0.6) is 0 Å². The van der Waals surface area contributed by atoms with Crippen LogP contribution >= 0.6 is 0 Å². The third-order valence-electron chi connectivity index (χ3n) is 3.23. The number of methoxy groups -OCH3 is 1. The summed E-state index contributed by atoms with van der Waals surface area (Å²) in [6.45, 7) is 0. The Balaban J connectivity index is 1.99. The van der Waals surface area contributed by atoms with Crippen molar-refractivity contribution in [3.8, 4) is 0 Å². The van der Waals surface area contributed by atoms with Crippen LogP contribution in [0, 0.1) is 5.92 Å². The minimum Gasteiger partial charge on any atom is -0.378 e. The van der Waals surface area contributed by atoms with Crippen LogP contribution in [-0.2, 0) is 4.74 Å². The van der Waals surface area contributed by atoms with Gasteiger partial charge in [-0.1, -0.05) is 19.3 Å². The Morgan fingerprint density at radius 1 is 1.30 bits per heavy atom. The lowest BCUT2D eigenvalue weighted by Gasteiger charge is -2.11. The van der Waals surface area contributed by atoms with E-state index in [9.17, 15) is 0 Å². The number of fused-ring (bicyclic) bond motifs is 1. The fraction of sp³-hybridized carbons (Fsp3) is 1.00. The average molecular weight is 140 g/mol. The van der Waals surface area contributed by atoms with Crippen molar-refractivity contribution in [3.63, 3.8) is 0 Å². The summed E-state index contributed by atoms with van der Waals surface area (Å²) >= 11 is 0. The van der Waals surface area contributed by atoms with Gasteiger partial charge in [-0.2, -0.15) is 0 Å². The maximum atomic E-state index is 5.53. The SMILES string of the molecule is COC12CCCCCC1C2. The minimum atomic E-state index is 0.372. The van der Waals surface area contributed by atoms with E-state index in [0.29, 0.717) is 5.60 Å². The quantitative estimate of drug-likeness (QED) is 0.543. The van der Waals surface area contributed by atoms with Crippen LogP contribution in [0.4, 0.5) is 0 Å². The molecule has 0 N–H and O–H groups in total. The largest absolute Gasteiger partial charge is 0.378 e. The van der Waals surface area contributed by atoms with E-state index in [2.05, 4.69) is 0 Å². The zero-order valence-corrected chi connectivity index (χ0v) is 6.73. The van der Waals surface area contributed by atoms with E-state index in [1.165, 1.54) is 38.5 Å². The lowest BCUT2D eigenvalue weighted by molar-refractivity contribution is 0.0592. The van der Waals surface area contributed by atoms with E-state index in [-0.39, 0.29) is 0 Å². The van der Waals surface area contributed by atoms with Crippen molar-refractivity contribution in [2.24, 2.45) is 5.92 Å². The Kier molecular flexibility index (Phi) is 1.48. The second-order valence-electron chi connectivity index (χ2n) is 3.77. The van der Waals surface area contributed by atoms with Gasteiger partial charge < -0.3 is 4.74 Å². The van der Waals surface area contributed by atoms with Crippen LogP contribution in [-0.4, -0.2) is 12.7 Å². The van der Waals surface area contributed by atoms with Crippen LogP contribution in [0.25, 0.3) is 0 Å². The molecule has 0 aromatic rings. The molecule has 2 aliphatic carbocycles. The van der Waals surface area contributed by atoms with Gasteiger partial charge >= 0.3 is 0 Å². The van der Waals surface area contributed by atoms with Crippen molar-refractivity contribution < 1.29 is 4.74 Å². The van der Waals surface area contributed by atoms with E-state index in [4.69, 9.17) is 4.74 Å². The fourth-order valence-electron chi connectivity index (χ4n) is 2.37. The highest BCUT2D eigenvalue weighted by Crippen LogP contribution is 2.54. The van der Waals surface area contributed by atoms with Crippen LogP contribution < -0.4 is 0 Å². The number of rotatable bonds is 1. The van der Waals surface area contributed by atoms with Crippen molar-refractivity contribution in [2.75, 3.05) is 7.11 Å². The molecule has 2 rings (SSSR count). The average Bonchev–Trinajstić information content (AvgIpc) is 2.59. The molecule has 58 valence electrons. The van der Waals surface area contributed by atoms with Crippen molar-refractivity contribution in [2.45, 2.75) is 44.1 Å². The Hall–Kier alpha value is -0.0400. The third-order valence-corrected chi connectivity index (χ3v) is 3.23. The van der Waals surface area contributed by atoms with E-state index in [1.807, 2.05) is 7.11 Å². The molecule has 0 radical (unpaired) electrons. The molecule has 2 aliphatic rings. The predicted molar refractivity (Wildman–Crippen MR) is 40.9 cm³/mol. The molecular weight excluding hydrogens is 124 g/mol. The molecule has 2 unspecified atom stereocenters. The molecule has 0 aromatic carbocycles. The maximum absolute atomic E-state index is 5.53. The van der Waals surface area contributed by atoms with E-state index < -0.39 is 0 Å². The highest BCUT2D eigenvalue weighted by atomic mass is 16.5. The Morgan fingerprint density at radius 2 is 2.20 bits per heavy atom.